The van der Waals surface area contributed by atoms with E-state index in [9.17, 15) is 21.6 Å². The fourth-order valence-corrected chi connectivity index (χ4v) is 7.14. The van der Waals surface area contributed by atoms with E-state index < -0.39 is 26.0 Å². The highest BCUT2D eigenvalue weighted by Gasteiger charge is 2.27. The summed E-state index contributed by atoms with van der Waals surface area (Å²) >= 11 is 0. The van der Waals surface area contributed by atoms with Gasteiger partial charge in [0.1, 0.15) is 5.75 Å². The number of carbonyl (C=O) groups excluding carboxylic acids is 1. The number of benzene rings is 3. The van der Waals surface area contributed by atoms with Crippen molar-refractivity contribution in [3.63, 3.8) is 0 Å². The van der Waals surface area contributed by atoms with Crippen molar-refractivity contribution >= 4 is 43.0 Å². The van der Waals surface area contributed by atoms with Gasteiger partial charge in [0, 0.05) is 37.4 Å². The maximum atomic E-state index is 13.3. The number of sulfonamides is 2. The van der Waals surface area contributed by atoms with Gasteiger partial charge in [-0.25, -0.2) is 16.8 Å². The van der Waals surface area contributed by atoms with Crippen molar-refractivity contribution < 1.29 is 35.8 Å². The lowest BCUT2D eigenvalue weighted by Gasteiger charge is -2.30. The van der Waals surface area contributed by atoms with Crippen LogP contribution in [0.5, 0.6) is 5.75 Å². The van der Waals surface area contributed by atoms with Crippen molar-refractivity contribution in [2.75, 3.05) is 74.7 Å². The van der Waals surface area contributed by atoms with Gasteiger partial charge in [0.2, 0.25) is 10.0 Å². The predicted octanol–water partition coefficient (Wildman–Crippen LogP) is 2.61. The molecule has 3 aromatic carbocycles. The minimum atomic E-state index is -4.00. The summed E-state index contributed by atoms with van der Waals surface area (Å²) in [5.74, 6) is 0.0713. The van der Waals surface area contributed by atoms with Crippen molar-refractivity contribution in [1.82, 2.24) is 4.31 Å². The average molecular weight is 617 g/mol. The molecule has 2 aliphatic rings. The Bertz CT molecular complexity index is 1620. The summed E-state index contributed by atoms with van der Waals surface area (Å²) in [5, 5.41) is 2.83. The molecule has 0 bridgehead atoms. The normalized spacial score (nSPS) is 16.5. The smallest absolute Gasteiger partial charge is 0.261 e. The van der Waals surface area contributed by atoms with Crippen molar-refractivity contribution in [2.45, 2.75) is 9.79 Å². The fourth-order valence-electron chi connectivity index (χ4n) is 4.64. The number of hydrogen-bond acceptors (Lipinski definition) is 9. The van der Waals surface area contributed by atoms with E-state index in [1.807, 2.05) is 4.90 Å². The summed E-state index contributed by atoms with van der Waals surface area (Å²) in [6.45, 7) is 3.30. The third kappa shape index (κ3) is 6.68. The fraction of sp³-hybridized carbons (Fsp3) is 0.321. The maximum Gasteiger partial charge on any atom is 0.261 e. The standard InChI is InChI=1S/C28H32N4O8S2/c1-38-23-6-4-22(5-7-23)30-41(34,35)25-10-11-27(31-12-16-39-17-13-31)26(20-25)29-28(33)21-2-8-24(9-3-21)42(36,37)32-14-18-40-19-15-32/h2-11,20,30H,12-19H2,1H3,(H,29,33). The summed E-state index contributed by atoms with van der Waals surface area (Å²) in [5.41, 5.74) is 1.50. The molecule has 3 aromatic rings. The number of ether oxygens (including phenoxy) is 3. The van der Waals surface area contributed by atoms with Gasteiger partial charge >= 0.3 is 0 Å². The van der Waals surface area contributed by atoms with Gasteiger partial charge in [-0.3, -0.25) is 9.52 Å². The van der Waals surface area contributed by atoms with E-state index in [4.69, 9.17) is 14.2 Å². The lowest BCUT2D eigenvalue weighted by Crippen LogP contribution is -2.40. The first-order valence-electron chi connectivity index (χ1n) is 13.3. The van der Waals surface area contributed by atoms with E-state index in [0.29, 0.717) is 62.3 Å². The molecule has 224 valence electrons. The molecule has 2 heterocycles. The molecule has 0 unspecified atom stereocenters. The summed E-state index contributed by atoms with van der Waals surface area (Å²) < 4.78 is 72.2. The van der Waals surface area contributed by atoms with Gasteiger partial charge in [-0.15, -0.1) is 0 Å². The first-order valence-corrected chi connectivity index (χ1v) is 16.2. The van der Waals surface area contributed by atoms with Gasteiger partial charge in [-0.1, -0.05) is 0 Å². The van der Waals surface area contributed by atoms with Gasteiger partial charge in [0.05, 0.1) is 54.7 Å². The highest BCUT2D eigenvalue weighted by Crippen LogP contribution is 2.31. The molecule has 0 saturated carbocycles. The minimum absolute atomic E-state index is 0.0439. The molecule has 2 N–H and O–H groups in total. The number of rotatable bonds is 9. The molecule has 0 aliphatic carbocycles. The Morgan fingerprint density at radius 3 is 2.00 bits per heavy atom. The second-order valence-electron chi connectivity index (χ2n) is 9.61. The Labute approximate surface area is 245 Å². The molecular formula is C28H32N4O8S2. The van der Waals surface area contributed by atoms with Crippen LogP contribution in [0.15, 0.2) is 76.5 Å². The summed E-state index contributed by atoms with van der Waals surface area (Å²) in [7, 11) is -6.20. The van der Waals surface area contributed by atoms with E-state index in [1.165, 1.54) is 47.8 Å². The van der Waals surface area contributed by atoms with Crippen molar-refractivity contribution in [2.24, 2.45) is 0 Å². The number of anilines is 3. The maximum absolute atomic E-state index is 13.3. The van der Waals surface area contributed by atoms with Gasteiger partial charge in [0.15, 0.2) is 0 Å². The molecule has 2 aliphatic heterocycles. The molecule has 0 aromatic heterocycles. The zero-order chi connectivity index (χ0) is 29.7. The van der Waals surface area contributed by atoms with Crippen molar-refractivity contribution in [3.8, 4) is 5.75 Å². The van der Waals surface area contributed by atoms with Crippen LogP contribution in [0.3, 0.4) is 0 Å². The minimum Gasteiger partial charge on any atom is -0.497 e. The van der Waals surface area contributed by atoms with Crippen LogP contribution in [-0.4, -0.2) is 86.8 Å². The Balaban J connectivity index is 1.40. The quantitative estimate of drug-likeness (QED) is 0.371. The largest absolute Gasteiger partial charge is 0.497 e. The van der Waals surface area contributed by atoms with E-state index >= 15 is 0 Å². The van der Waals surface area contributed by atoms with Crippen LogP contribution in [0.1, 0.15) is 10.4 Å². The molecule has 42 heavy (non-hydrogen) atoms. The molecule has 2 saturated heterocycles. The molecule has 12 nitrogen and oxygen atoms in total. The Morgan fingerprint density at radius 2 is 1.38 bits per heavy atom. The van der Waals surface area contributed by atoms with E-state index in [2.05, 4.69) is 10.0 Å². The Hall–Kier alpha value is -3.69. The van der Waals surface area contributed by atoms with Crippen LogP contribution in [0, 0.1) is 0 Å². The highest BCUT2D eigenvalue weighted by molar-refractivity contribution is 7.92. The molecule has 0 radical (unpaired) electrons. The topological polar surface area (TPSA) is 144 Å². The lowest BCUT2D eigenvalue weighted by atomic mass is 10.2. The first-order chi connectivity index (χ1) is 20.2. The Kier molecular flexibility index (Phi) is 8.99. The molecule has 1 amide bonds. The van der Waals surface area contributed by atoms with Gasteiger partial charge in [-0.2, -0.15) is 4.31 Å². The molecule has 0 spiro atoms. The van der Waals surface area contributed by atoms with Gasteiger partial charge in [-0.05, 0) is 66.7 Å². The van der Waals surface area contributed by atoms with Crippen LogP contribution in [0.4, 0.5) is 17.1 Å². The zero-order valence-corrected chi connectivity index (χ0v) is 24.6. The third-order valence-electron chi connectivity index (χ3n) is 6.94. The average Bonchev–Trinajstić information content (AvgIpc) is 3.02. The summed E-state index contributed by atoms with van der Waals surface area (Å²) in [6.07, 6.45) is 0. The number of amides is 1. The zero-order valence-electron chi connectivity index (χ0n) is 23.0. The van der Waals surface area contributed by atoms with E-state index in [0.717, 1.165) is 0 Å². The monoisotopic (exact) mass is 616 g/mol. The van der Waals surface area contributed by atoms with Crippen LogP contribution >= 0.6 is 0 Å². The van der Waals surface area contributed by atoms with E-state index in [1.54, 1.807) is 30.3 Å². The number of carbonyl (C=O) groups is 1. The predicted molar refractivity (Wildman–Crippen MR) is 157 cm³/mol. The highest BCUT2D eigenvalue weighted by atomic mass is 32.2. The van der Waals surface area contributed by atoms with E-state index in [-0.39, 0.29) is 28.4 Å². The second kappa shape index (κ2) is 12.7. The van der Waals surface area contributed by atoms with Crippen molar-refractivity contribution in [1.29, 1.82) is 0 Å². The number of hydrogen-bond donors (Lipinski definition) is 2. The van der Waals surface area contributed by atoms with Gasteiger partial charge < -0.3 is 24.4 Å². The lowest BCUT2D eigenvalue weighted by molar-refractivity contribution is 0.0730. The molecular weight excluding hydrogens is 584 g/mol. The summed E-state index contributed by atoms with van der Waals surface area (Å²) in [4.78, 5) is 15.4. The molecule has 0 atom stereocenters. The number of methoxy groups -OCH3 is 1. The Morgan fingerprint density at radius 1 is 0.786 bits per heavy atom. The molecule has 2 fully saturated rings. The number of nitrogens with zero attached hydrogens (tertiary/aromatic N) is 2. The molecule has 5 rings (SSSR count). The third-order valence-corrected chi connectivity index (χ3v) is 10.2. The molecule has 14 heteroatoms. The van der Waals surface area contributed by atoms with Crippen LogP contribution in [0.2, 0.25) is 0 Å². The van der Waals surface area contributed by atoms with Crippen LogP contribution < -0.4 is 19.7 Å². The number of morpholine rings is 2. The second-order valence-corrected chi connectivity index (χ2v) is 13.2. The van der Waals surface area contributed by atoms with Gasteiger partial charge in [0.25, 0.3) is 15.9 Å². The van der Waals surface area contributed by atoms with Crippen molar-refractivity contribution in [3.05, 3.63) is 72.3 Å². The number of nitrogens with one attached hydrogen (secondary N) is 2. The first kappa shape index (κ1) is 29.8. The SMILES string of the molecule is COc1ccc(NS(=O)(=O)c2ccc(N3CCOCC3)c(NC(=O)c3ccc(S(=O)(=O)N4CCOCC4)cc3)c2)cc1. The van der Waals surface area contributed by atoms with Crippen LogP contribution in [-0.2, 0) is 29.5 Å². The summed E-state index contributed by atoms with van der Waals surface area (Å²) in [6, 6.07) is 16.7. The van der Waals surface area contributed by atoms with Crippen LogP contribution in [0.25, 0.3) is 0 Å².